The van der Waals surface area contributed by atoms with Gasteiger partial charge in [0, 0.05) is 12.4 Å². The predicted molar refractivity (Wildman–Crippen MR) is 60.0 cm³/mol. The molecule has 0 saturated heterocycles. The highest BCUT2D eigenvalue weighted by Crippen LogP contribution is 2.17. The van der Waals surface area contributed by atoms with Gasteiger partial charge in [0.1, 0.15) is 5.82 Å². The highest BCUT2D eigenvalue weighted by atomic mass is 35.5. The summed E-state index contributed by atoms with van der Waals surface area (Å²) in [5.41, 5.74) is 2.08. The molecule has 0 bridgehead atoms. The van der Waals surface area contributed by atoms with Crippen molar-refractivity contribution in [3.05, 3.63) is 30.1 Å². The highest BCUT2D eigenvalue weighted by Gasteiger charge is 2.07. The third-order valence-corrected chi connectivity index (χ3v) is 2.57. The maximum Gasteiger partial charge on any atom is 0.124 e. The van der Waals surface area contributed by atoms with Crippen molar-refractivity contribution >= 4 is 34.2 Å². The third kappa shape index (κ3) is 1.60. The average molecular weight is 229 g/mol. The number of alkyl halides is 2. The SMILES string of the molecule is ClCCn1c(CCl)nc2ccccc21. The number of aromatic nitrogens is 2. The fraction of sp³-hybridized carbons (Fsp3) is 0.300. The molecule has 0 unspecified atom stereocenters. The number of fused-ring (bicyclic) bond motifs is 1. The fourth-order valence-corrected chi connectivity index (χ4v) is 1.93. The summed E-state index contributed by atoms with van der Waals surface area (Å²) in [6, 6.07) is 7.98. The van der Waals surface area contributed by atoms with Gasteiger partial charge in [-0.05, 0) is 12.1 Å². The smallest absolute Gasteiger partial charge is 0.124 e. The number of hydrogen-bond donors (Lipinski definition) is 0. The number of benzene rings is 1. The number of nitrogens with zero attached hydrogens (tertiary/aromatic N) is 2. The quantitative estimate of drug-likeness (QED) is 0.739. The van der Waals surface area contributed by atoms with Crippen molar-refractivity contribution in [3.8, 4) is 0 Å². The molecule has 0 aliphatic heterocycles. The molecule has 0 spiro atoms. The molecule has 0 saturated carbocycles. The highest BCUT2D eigenvalue weighted by molar-refractivity contribution is 6.18. The number of hydrogen-bond acceptors (Lipinski definition) is 1. The standard InChI is InChI=1S/C10H10Cl2N2/c11-5-6-14-9-4-2-1-3-8(9)13-10(14)7-12/h1-4H,5-7H2. The summed E-state index contributed by atoms with van der Waals surface area (Å²) in [6.07, 6.45) is 0. The van der Waals surface area contributed by atoms with E-state index in [1.54, 1.807) is 0 Å². The van der Waals surface area contributed by atoms with E-state index in [-0.39, 0.29) is 0 Å². The van der Waals surface area contributed by atoms with E-state index in [0.717, 1.165) is 23.4 Å². The van der Waals surface area contributed by atoms with E-state index in [1.807, 2.05) is 24.3 Å². The van der Waals surface area contributed by atoms with Gasteiger partial charge in [-0.3, -0.25) is 0 Å². The molecular formula is C10H10Cl2N2. The van der Waals surface area contributed by atoms with Crippen LogP contribution in [0.15, 0.2) is 24.3 Å². The molecule has 0 amide bonds. The molecule has 0 radical (unpaired) electrons. The second kappa shape index (κ2) is 4.20. The number of rotatable bonds is 3. The monoisotopic (exact) mass is 228 g/mol. The summed E-state index contributed by atoms with van der Waals surface area (Å²) in [6.45, 7) is 0.754. The van der Waals surface area contributed by atoms with Crippen LogP contribution in [0.25, 0.3) is 11.0 Å². The minimum Gasteiger partial charge on any atom is -0.326 e. The van der Waals surface area contributed by atoms with Crippen LogP contribution in [0.5, 0.6) is 0 Å². The molecule has 0 fully saturated rings. The van der Waals surface area contributed by atoms with Crippen molar-refractivity contribution in [1.29, 1.82) is 0 Å². The van der Waals surface area contributed by atoms with Crippen LogP contribution in [0.2, 0.25) is 0 Å². The van der Waals surface area contributed by atoms with Gasteiger partial charge in [0.2, 0.25) is 0 Å². The van der Waals surface area contributed by atoms with Crippen molar-refractivity contribution in [2.24, 2.45) is 0 Å². The first-order valence-electron chi connectivity index (χ1n) is 4.43. The van der Waals surface area contributed by atoms with E-state index < -0.39 is 0 Å². The van der Waals surface area contributed by atoms with Crippen LogP contribution >= 0.6 is 23.2 Å². The maximum absolute atomic E-state index is 5.81. The molecule has 0 aliphatic rings. The Morgan fingerprint density at radius 3 is 2.71 bits per heavy atom. The maximum atomic E-state index is 5.81. The molecule has 74 valence electrons. The molecule has 14 heavy (non-hydrogen) atoms. The Balaban J connectivity index is 2.61. The molecule has 2 nitrogen and oxygen atoms in total. The van der Waals surface area contributed by atoms with Crippen LogP contribution < -0.4 is 0 Å². The minimum atomic E-state index is 0.422. The van der Waals surface area contributed by atoms with Gasteiger partial charge in [0.15, 0.2) is 0 Å². The van der Waals surface area contributed by atoms with Crippen molar-refractivity contribution in [3.63, 3.8) is 0 Å². The van der Waals surface area contributed by atoms with E-state index in [2.05, 4.69) is 9.55 Å². The Hall–Kier alpha value is -0.730. The first-order chi connectivity index (χ1) is 6.86. The van der Waals surface area contributed by atoms with Gasteiger partial charge in [-0.2, -0.15) is 0 Å². The molecule has 0 aliphatic carbocycles. The molecule has 0 N–H and O–H groups in total. The zero-order valence-corrected chi connectivity index (χ0v) is 9.09. The fourth-order valence-electron chi connectivity index (χ4n) is 1.56. The molecule has 0 atom stereocenters. The number of aryl methyl sites for hydroxylation is 1. The van der Waals surface area contributed by atoms with Crippen molar-refractivity contribution in [1.82, 2.24) is 9.55 Å². The molecule has 4 heteroatoms. The van der Waals surface area contributed by atoms with Gasteiger partial charge in [-0.15, -0.1) is 23.2 Å². The minimum absolute atomic E-state index is 0.422. The van der Waals surface area contributed by atoms with Crippen molar-refractivity contribution in [2.45, 2.75) is 12.4 Å². The number of halogens is 2. The van der Waals surface area contributed by atoms with Crippen LogP contribution in [0.4, 0.5) is 0 Å². The topological polar surface area (TPSA) is 17.8 Å². The Labute approximate surface area is 92.5 Å². The summed E-state index contributed by atoms with van der Waals surface area (Å²) in [4.78, 5) is 4.42. The summed E-state index contributed by atoms with van der Waals surface area (Å²) in [5.74, 6) is 1.88. The Morgan fingerprint density at radius 2 is 2.00 bits per heavy atom. The second-order valence-electron chi connectivity index (χ2n) is 2.99. The van der Waals surface area contributed by atoms with Crippen LogP contribution in [0, 0.1) is 0 Å². The molecule has 2 rings (SSSR count). The van der Waals surface area contributed by atoms with Crippen LogP contribution in [-0.2, 0) is 12.4 Å². The summed E-state index contributed by atoms with van der Waals surface area (Å²) in [5, 5.41) is 0. The van der Waals surface area contributed by atoms with Crippen molar-refractivity contribution in [2.75, 3.05) is 5.88 Å². The van der Waals surface area contributed by atoms with E-state index in [4.69, 9.17) is 23.2 Å². The number of imidazole rings is 1. The predicted octanol–water partition coefficient (Wildman–Crippen LogP) is 3.01. The number of para-hydroxylation sites is 2. The van der Waals surface area contributed by atoms with Crippen LogP contribution in [-0.4, -0.2) is 15.4 Å². The summed E-state index contributed by atoms with van der Waals surface area (Å²) >= 11 is 11.5. The van der Waals surface area contributed by atoms with Gasteiger partial charge in [0.25, 0.3) is 0 Å². The zero-order chi connectivity index (χ0) is 9.97. The lowest BCUT2D eigenvalue weighted by Gasteiger charge is -2.03. The van der Waals surface area contributed by atoms with Crippen molar-refractivity contribution < 1.29 is 0 Å². The van der Waals surface area contributed by atoms with E-state index in [1.165, 1.54) is 0 Å². The van der Waals surface area contributed by atoms with Gasteiger partial charge in [-0.1, -0.05) is 12.1 Å². The van der Waals surface area contributed by atoms with Gasteiger partial charge in [0.05, 0.1) is 16.9 Å². The van der Waals surface area contributed by atoms with E-state index in [9.17, 15) is 0 Å². The Bertz CT molecular complexity index is 437. The Kier molecular flexibility index (Phi) is 2.94. The molecule has 1 aromatic carbocycles. The zero-order valence-electron chi connectivity index (χ0n) is 7.58. The molecule has 2 aromatic rings. The normalized spacial score (nSPS) is 11.0. The van der Waals surface area contributed by atoms with E-state index in [0.29, 0.717) is 11.8 Å². The lowest BCUT2D eigenvalue weighted by Crippen LogP contribution is -2.03. The van der Waals surface area contributed by atoms with Crippen LogP contribution in [0.1, 0.15) is 5.82 Å². The first-order valence-corrected chi connectivity index (χ1v) is 5.50. The largest absolute Gasteiger partial charge is 0.326 e. The summed E-state index contributed by atoms with van der Waals surface area (Å²) < 4.78 is 2.06. The third-order valence-electron chi connectivity index (χ3n) is 2.16. The van der Waals surface area contributed by atoms with Crippen LogP contribution in [0.3, 0.4) is 0 Å². The van der Waals surface area contributed by atoms with Gasteiger partial charge in [-0.25, -0.2) is 4.98 Å². The molecule has 1 heterocycles. The van der Waals surface area contributed by atoms with E-state index >= 15 is 0 Å². The Morgan fingerprint density at radius 1 is 1.21 bits per heavy atom. The molecule has 1 aromatic heterocycles. The summed E-state index contributed by atoms with van der Waals surface area (Å²) in [7, 11) is 0. The average Bonchev–Trinajstić information content (AvgIpc) is 2.58. The van der Waals surface area contributed by atoms with Gasteiger partial charge >= 0.3 is 0 Å². The lowest BCUT2D eigenvalue weighted by atomic mass is 10.3. The second-order valence-corrected chi connectivity index (χ2v) is 3.64. The first kappa shape index (κ1) is 9.81. The lowest BCUT2D eigenvalue weighted by molar-refractivity contribution is 0.752. The molecular weight excluding hydrogens is 219 g/mol. The van der Waals surface area contributed by atoms with Gasteiger partial charge < -0.3 is 4.57 Å².